The van der Waals surface area contributed by atoms with Crippen molar-refractivity contribution in [2.75, 3.05) is 19.7 Å². The van der Waals surface area contributed by atoms with Gasteiger partial charge in [0.25, 0.3) is 11.7 Å². The van der Waals surface area contributed by atoms with E-state index in [1.54, 1.807) is 30.0 Å². The molecule has 1 aromatic carbocycles. The first kappa shape index (κ1) is 18.3. The number of carbonyl (C=O) groups is 3. The number of Topliss-reactive ketones (excluding diaryl/α,β-unsaturated/α-hetero) is 1. The van der Waals surface area contributed by atoms with Gasteiger partial charge in [0.2, 0.25) is 0 Å². The van der Waals surface area contributed by atoms with Gasteiger partial charge >= 0.3 is 6.09 Å². The molecule has 1 aliphatic rings. The van der Waals surface area contributed by atoms with Crippen LogP contribution in [0, 0.1) is 0 Å². The lowest BCUT2D eigenvalue weighted by Crippen LogP contribution is -2.48. The van der Waals surface area contributed by atoms with E-state index in [1.807, 2.05) is 0 Å². The standard InChI is InChI=1S/C18H20ClN3O4/c1-2-26-18(25)22-7-5-12(6-8-22)21-17(24)16(23)14-10-20-15-4-3-11(19)9-13(14)15/h3-4,9-10,12,20H,2,5-8H2,1H3,(H,21,24). The molecule has 0 aliphatic carbocycles. The number of likely N-dealkylation sites (tertiary alicyclic amines) is 1. The van der Waals surface area contributed by atoms with Crippen molar-refractivity contribution in [3.63, 3.8) is 0 Å². The first-order valence-corrected chi connectivity index (χ1v) is 8.91. The van der Waals surface area contributed by atoms with E-state index in [9.17, 15) is 14.4 Å². The number of nitrogens with zero attached hydrogens (tertiary/aromatic N) is 1. The number of nitrogens with one attached hydrogen (secondary N) is 2. The summed E-state index contributed by atoms with van der Waals surface area (Å²) < 4.78 is 4.97. The quantitative estimate of drug-likeness (QED) is 0.633. The molecule has 1 aliphatic heterocycles. The number of ether oxygens (including phenoxy) is 1. The Labute approximate surface area is 155 Å². The van der Waals surface area contributed by atoms with E-state index < -0.39 is 11.7 Å². The second-order valence-electron chi connectivity index (χ2n) is 6.16. The third kappa shape index (κ3) is 3.83. The lowest BCUT2D eigenvalue weighted by atomic mass is 10.0. The number of hydrogen-bond acceptors (Lipinski definition) is 4. The predicted octanol–water partition coefficient (Wildman–Crippen LogP) is 2.74. The Kier molecular flexibility index (Phi) is 5.46. The SMILES string of the molecule is CCOC(=O)N1CCC(NC(=O)C(=O)c2c[nH]c3ccc(Cl)cc23)CC1. The summed E-state index contributed by atoms with van der Waals surface area (Å²) in [5.41, 5.74) is 1.04. The largest absolute Gasteiger partial charge is 0.450 e. The molecule has 3 rings (SSSR count). The van der Waals surface area contributed by atoms with Gasteiger partial charge in [0.1, 0.15) is 0 Å². The van der Waals surface area contributed by atoms with Crippen LogP contribution in [-0.2, 0) is 9.53 Å². The van der Waals surface area contributed by atoms with Gasteiger partial charge in [-0.3, -0.25) is 9.59 Å². The molecular formula is C18H20ClN3O4. The first-order chi connectivity index (χ1) is 12.5. The van der Waals surface area contributed by atoms with Crippen LogP contribution in [0.1, 0.15) is 30.1 Å². The number of H-pyrrole nitrogens is 1. The highest BCUT2D eigenvalue weighted by molar-refractivity contribution is 6.45. The number of piperidine rings is 1. The average Bonchev–Trinajstić information content (AvgIpc) is 3.04. The maximum atomic E-state index is 12.5. The molecule has 138 valence electrons. The zero-order valence-corrected chi connectivity index (χ0v) is 15.1. The van der Waals surface area contributed by atoms with Gasteiger partial charge in [-0.15, -0.1) is 0 Å². The molecule has 1 aromatic heterocycles. The molecule has 2 heterocycles. The Morgan fingerprint density at radius 3 is 2.73 bits per heavy atom. The Hall–Kier alpha value is -2.54. The molecule has 2 N–H and O–H groups in total. The summed E-state index contributed by atoms with van der Waals surface area (Å²) in [7, 11) is 0. The molecule has 1 saturated heterocycles. The fourth-order valence-corrected chi connectivity index (χ4v) is 3.25. The summed E-state index contributed by atoms with van der Waals surface area (Å²) in [6.07, 6.45) is 2.34. The highest BCUT2D eigenvalue weighted by Gasteiger charge is 2.27. The summed E-state index contributed by atoms with van der Waals surface area (Å²) in [6.45, 7) is 3.06. The van der Waals surface area contributed by atoms with E-state index >= 15 is 0 Å². The number of halogens is 1. The minimum atomic E-state index is -0.652. The van der Waals surface area contributed by atoms with Crippen molar-refractivity contribution in [2.24, 2.45) is 0 Å². The average molecular weight is 378 g/mol. The summed E-state index contributed by atoms with van der Waals surface area (Å²) in [5.74, 6) is -1.26. The molecule has 8 heteroatoms. The van der Waals surface area contributed by atoms with Crippen LogP contribution in [-0.4, -0.2) is 53.4 Å². The molecule has 2 aromatic rings. The summed E-state index contributed by atoms with van der Waals surface area (Å²) in [6, 6.07) is 4.99. The maximum absolute atomic E-state index is 12.5. The van der Waals surface area contributed by atoms with Gasteiger partial charge in [0, 0.05) is 41.3 Å². The lowest BCUT2D eigenvalue weighted by molar-refractivity contribution is -0.117. The number of aromatic amines is 1. The molecule has 0 radical (unpaired) electrons. The van der Waals surface area contributed by atoms with Crippen molar-refractivity contribution >= 4 is 40.3 Å². The number of aromatic nitrogens is 1. The normalized spacial score (nSPS) is 15.1. The molecule has 0 saturated carbocycles. The molecule has 7 nitrogen and oxygen atoms in total. The second-order valence-corrected chi connectivity index (χ2v) is 6.59. The predicted molar refractivity (Wildman–Crippen MR) is 97.4 cm³/mol. The topological polar surface area (TPSA) is 91.5 Å². The van der Waals surface area contributed by atoms with Crippen molar-refractivity contribution < 1.29 is 19.1 Å². The molecule has 1 fully saturated rings. The van der Waals surface area contributed by atoms with E-state index in [0.29, 0.717) is 48.5 Å². The highest BCUT2D eigenvalue weighted by atomic mass is 35.5. The molecule has 0 bridgehead atoms. The zero-order valence-electron chi connectivity index (χ0n) is 14.4. The second kappa shape index (κ2) is 7.78. The minimum absolute atomic E-state index is 0.147. The molecular weight excluding hydrogens is 358 g/mol. The van der Waals surface area contributed by atoms with Crippen molar-refractivity contribution in [1.82, 2.24) is 15.2 Å². The van der Waals surface area contributed by atoms with Crippen LogP contribution in [0.4, 0.5) is 4.79 Å². The molecule has 0 atom stereocenters. The summed E-state index contributed by atoms with van der Waals surface area (Å²) >= 11 is 5.98. The smallest absolute Gasteiger partial charge is 0.409 e. The molecule has 0 spiro atoms. The van der Waals surface area contributed by atoms with Crippen LogP contribution in [0.5, 0.6) is 0 Å². The van der Waals surface area contributed by atoms with E-state index in [1.165, 1.54) is 6.20 Å². The van der Waals surface area contributed by atoms with Gasteiger partial charge in [-0.1, -0.05) is 11.6 Å². The fraction of sp³-hybridized carbons (Fsp3) is 0.389. The lowest BCUT2D eigenvalue weighted by Gasteiger charge is -2.31. The van der Waals surface area contributed by atoms with Crippen molar-refractivity contribution in [3.05, 3.63) is 35.0 Å². The maximum Gasteiger partial charge on any atom is 0.409 e. The van der Waals surface area contributed by atoms with Crippen LogP contribution in [0.15, 0.2) is 24.4 Å². The number of carbonyl (C=O) groups excluding carboxylic acids is 3. The Morgan fingerprint density at radius 2 is 2.04 bits per heavy atom. The van der Waals surface area contributed by atoms with Crippen LogP contribution in [0.2, 0.25) is 5.02 Å². The first-order valence-electron chi connectivity index (χ1n) is 8.53. The monoisotopic (exact) mass is 377 g/mol. The van der Waals surface area contributed by atoms with Crippen molar-refractivity contribution in [2.45, 2.75) is 25.8 Å². The van der Waals surface area contributed by atoms with Gasteiger partial charge in [-0.05, 0) is 38.0 Å². The zero-order chi connectivity index (χ0) is 18.7. The minimum Gasteiger partial charge on any atom is -0.450 e. The van der Waals surface area contributed by atoms with E-state index in [0.717, 1.165) is 5.52 Å². The fourth-order valence-electron chi connectivity index (χ4n) is 3.08. The van der Waals surface area contributed by atoms with E-state index in [4.69, 9.17) is 16.3 Å². The van der Waals surface area contributed by atoms with Gasteiger partial charge < -0.3 is 19.9 Å². The molecule has 0 unspecified atom stereocenters. The number of rotatable bonds is 4. The van der Waals surface area contributed by atoms with Crippen LogP contribution in [0.25, 0.3) is 10.9 Å². The molecule has 2 amide bonds. The molecule has 26 heavy (non-hydrogen) atoms. The van der Waals surface area contributed by atoms with Gasteiger partial charge in [0.05, 0.1) is 12.2 Å². The third-order valence-corrected chi connectivity index (χ3v) is 4.69. The number of amides is 2. The number of ketones is 1. The van der Waals surface area contributed by atoms with Crippen LogP contribution < -0.4 is 5.32 Å². The van der Waals surface area contributed by atoms with Gasteiger partial charge in [-0.2, -0.15) is 0 Å². The Balaban J connectivity index is 1.61. The number of fused-ring (bicyclic) bond motifs is 1. The van der Waals surface area contributed by atoms with Crippen LogP contribution in [0.3, 0.4) is 0 Å². The van der Waals surface area contributed by atoms with Crippen LogP contribution >= 0.6 is 11.6 Å². The number of hydrogen-bond donors (Lipinski definition) is 2. The highest BCUT2D eigenvalue weighted by Crippen LogP contribution is 2.23. The summed E-state index contributed by atoms with van der Waals surface area (Å²) in [4.78, 5) is 41.1. The number of benzene rings is 1. The van der Waals surface area contributed by atoms with E-state index in [-0.39, 0.29) is 12.1 Å². The summed E-state index contributed by atoms with van der Waals surface area (Å²) in [5, 5.41) is 3.88. The Morgan fingerprint density at radius 1 is 1.31 bits per heavy atom. The third-order valence-electron chi connectivity index (χ3n) is 4.45. The van der Waals surface area contributed by atoms with E-state index in [2.05, 4.69) is 10.3 Å². The van der Waals surface area contributed by atoms with Crippen molar-refractivity contribution in [3.8, 4) is 0 Å². The van der Waals surface area contributed by atoms with Gasteiger partial charge in [0.15, 0.2) is 0 Å². The van der Waals surface area contributed by atoms with Crippen molar-refractivity contribution in [1.29, 1.82) is 0 Å². The Bertz CT molecular complexity index is 840. The van der Waals surface area contributed by atoms with Gasteiger partial charge in [-0.25, -0.2) is 4.79 Å².